The van der Waals surface area contributed by atoms with Crippen LogP contribution in [-0.2, 0) is 0 Å². The highest BCUT2D eigenvalue weighted by molar-refractivity contribution is 9.10. The van der Waals surface area contributed by atoms with Gasteiger partial charge in [0.15, 0.2) is 5.78 Å². The number of para-hydroxylation sites is 1. The van der Waals surface area contributed by atoms with Crippen LogP contribution in [0, 0.1) is 0 Å². The molecule has 0 bridgehead atoms. The standard InChI is InChI=1S/C11H8BrF5O2/c1-5(12)8(18)6-3-2-4-7(10(13)14)9(6)19-11(15,16)17/h2-5,10H,1H3. The maximum atomic E-state index is 12.7. The smallest absolute Gasteiger partial charge is 0.404 e. The molecule has 1 aromatic rings. The van der Waals surface area contributed by atoms with Gasteiger partial charge in [-0.3, -0.25) is 4.79 Å². The van der Waals surface area contributed by atoms with Crippen LogP contribution in [0.5, 0.6) is 5.75 Å². The molecule has 0 radical (unpaired) electrons. The Morgan fingerprint density at radius 2 is 1.89 bits per heavy atom. The molecule has 0 spiro atoms. The molecule has 0 heterocycles. The van der Waals surface area contributed by atoms with Gasteiger partial charge in [-0.2, -0.15) is 0 Å². The van der Waals surface area contributed by atoms with E-state index in [4.69, 9.17) is 0 Å². The van der Waals surface area contributed by atoms with E-state index in [1.54, 1.807) is 0 Å². The number of carbonyl (C=O) groups is 1. The molecule has 1 aromatic carbocycles. The van der Waals surface area contributed by atoms with Crippen molar-refractivity contribution in [3.63, 3.8) is 0 Å². The second-order valence-corrected chi connectivity index (χ2v) is 4.93. The predicted octanol–water partition coefficient (Wildman–Crippen LogP) is 4.49. The number of benzene rings is 1. The first kappa shape index (κ1) is 15.9. The molecular weight excluding hydrogens is 339 g/mol. The van der Waals surface area contributed by atoms with E-state index in [9.17, 15) is 26.7 Å². The van der Waals surface area contributed by atoms with Crippen LogP contribution in [0.4, 0.5) is 22.0 Å². The average molecular weight is 347 g/mol. The molecule has 1 unspecified atom stereocenters. The monoisotopic (exact) mass is 346 g/mol. The number of carbonyl (C=O) groups excluding carboxylic acids is 1. The van der Waals surface area contributed by atoms with E-state index in [0.29, 0.717) is 0 Å². The maximum absolute atomic E-state index is 12.7. The summed E-state index contributed by atoms with van der Waals surface area (Å²) < 4.78 is 65.6. The van der Waals surface area contributed by atoms with Crippen LogP contribution in [0.1, 0.15) is 29.3 Å². The van der Waals surface area contributed by atoms with Crippen LogP contribution >= 0.6 is 15.9 Å². The Hall–Kier alpha value is -1.18. The van der Waals surface area contributed by atoms with Gasteiger partial charge in [-0.1, -0.05) is 22.0 Å². The lowest BCUT2D eigenvalue weighted by atomic mass is 10.0. The molecular formula is C11H8BrF5O2. The minimum atomic E-state index is -5.16. The van der Waals surface area contributed by atoms with E-state index in [1.807, 2.05) is 0 Å². The fraction of sp³-hybridized carbons (Fsp3) is 0.364. The lowest BCUT2D eigenvalue weighted by Crippen LogP contribution is -2.21. The van der Waals surface area contributed by atoms with E-state index in [2.05, 4.69) is 20.7 Å². The van der Waals surface area contributed by atoms with Gasteiger partial charge in [0, 0.05) is 0 Å². The normalized spacial score (nSPS) is 13.5. The molecule has 8 heteroatoms. The highest BCUT2D eigenvalue weighted by atomic mass is 79.9. The Morgan fingerprint density at radius 3 is 2.32 bits per heavy atom. The van der Waals surface area contributed by atoms with Crippen LogP contribution in [0.15, 0.2) is 18.2 Å². The van der Waals surface area contributed by atoms with Crippen LogP contribution in [0.25, 0.3) is 0 Å². The first-order valence-electron chi connectivity index (χ1n) is 4.98. The van der Waals surface area contributed by atoms with Gasteiger partial charge in [-0.05, 0) is 19.1 Å². The number of ether oxygens (including phenoxy) is 1. The zero-order chi connectivity index (χ0) is 14.8. The maximum Gasteiger partial charge on any atom is 0.573 e. The van der Waals surface area contributed by atoms with Crippen molar-refractivity contribution in [3.05, 3.63) is 29.3 Å². The van der Waals surface area contributed by atoms with E-state index in [1.165, 1.54) is 6.92 Å². The molecule has 0 saturated heterocycles. The highest BCUT2D eigenvalue weighted by Crippen LogP contribution is 2.36. The van der Waals surface area contributed by atoms with E-state index >= 15 is 0 Å². The molecule has 1 atom stereocenters. The number of rotatable bonds is 4. The summed E-state index contributed by atoms with van der Waals surface area (Å²) in [5.41, 5.74) is -1.52. The molecule has 106 valence electrons. The number of alkyl halides is 6. The lowest BCUT2D eigenvalue weighted by Gasteiger charge is -2.16. The third-order valence-corrected chi connectivity index (χ3v) is 2.54. The van der Waals surface area contributed by atoms with Crippen molar-refractivity contribution in [2.45, 2.75) is 24.5 Å². The van der Waals surface area contributed by atoms with Crippen molar-refractivity contribution >= 4 is 21.7 Å². The van der Waals surface area contributed by atoms with E-state index in [-0.39, 0.29) is 0 Å². The number of hydrogen-bond acceptors (Lipinski definition) is 2. The fourth-order valence-electron chi connectivity index (χ4n) is 1.36. The molecule has 0 N–H and O–H groups in total. The second kappa shape index (κ2) is 5.85. The SMILES string of the molecule is CC(Br)C(=O)c1cccc(C(F)F)c1OC(F)(F)F. The predicted molar refractivity (Wildman–Crippen MR) is 60.8 cm³/mol. The van der Waals surface area contributed by atoms with Gasteiger partial charge in [0.05, 0.1) is 16.0 Å². The quantitative estimate of drug-likeness (QED) is 0.456. The van der Waals surface area contributed by atoms with E-state index in [0.717, 1.165) is 18.2 Å². The van der Waals surface area contributed by atoms with Gasteiger partial charge in [0.2, 0.25) is 0 Å². The average Bonchev–Trinajstić information content (AvgIpc) is 2.25. The molecule has 19 heavy (non-hydrogen) atoms. The third kappa shape index (κ3) is 4.15. The zero-order valence-corrected chi connectivity index (χ0v) is 11.1. The third-order valence-electron chi connectivity index (χ3n) is 2.13. The largest absolute Gasteiger partial charge is 0.573 e. The lowest BCUT2D eigenvalue weighted by molar-refractivity contribution is -0.275. The summed E-state index contributed by atoms with van der Waals surface area (Å²) in [6, 6.07) is 2.86. The fourth-order valence-corrected chi connectivity index (χ4v) is 1.61. The number of hydrogen-bond donors (Lipinski definition) is 0. The Kier molecular flexibility index (Phi) is 4.89. The van der Waals surface area contributed by atoms with Crippen molar-refractivity contribution in [1.82, 2.24) is 0 Å². The van der Waals surface area contributed by atoms with Crippen LogP contribution in [0.2, 0.25) is 0 Å². The molecule has 0 amide bonds. The van der Waals surface area contributed by atoms with Crippen molar-refractivity contribution in [2.75, 3.05) is 0 Å². The number of Topliss-reactive ketones (excluding diaryl/α,β-unsaturated/α-hetero) is 1. The Labute approximate surface area is 113 Å². The summed E-state index contributed by atoms with van der Waals surface area (Å²) in [7, 11) is 0. The minimum absolute atomic E-state index is 0.542. The second-order valence-electron chi connectivity index (χ2n) is 3.55. The molecule has 0 saturated carbocycles. The summed E-state index contributed by atoms with van der Waals surface area (Å²) in [4.78, 5) is 10.9. The van der Waals surface area contributed by atoms with Gasteiger partial charge in [-0.15, -0.1) is 13.2 Å². The summed E-state index contributed by atoms with van der Waals surface area (Å²) in [6.07, 6.45) is -8.34. The van der Waals surface area contributed by atoms with Gasteiger partial charge >= 0.3 is 6.36 Å². The topological polar surface area (TPSA) is 26.3 Å². The summed E-state index contributed by atoms with van der Waals surface area (Å²) >= 11 is 2.88. The Morgan fingerprint density at radius 1 is 1.32 bits per heavy atom. The molecule has 2 nitrogen and oxygen atoms in total. The molecule has 0 aliphatic rings. The first-order chi connectivity index (χ1) is 8.63. The van der Waals surface area contributed by atoms with Crippen LogP contribution < -0.4 is 4.74 Å². The van der Waals surface area contributed by atoms with Gasteiger partial charge in [0.25, 0.3) is 6.43 Å². The summed E-state index contributed by atoms with van der Waals surface area (Å²) in [5.74, 6) is -1.93. The van der Waals surface area contributed by atoms with Gasteiger partial charge < -0.3 is 4.74 Å². The van der Waals surface area contributed by atoms with E-state index < -0.39 is 40.3 Å². The van der Waals surface area contributed by atoms with Gasteiger partial charge in [0.1, 0.15) is 5.75 Å². The Balaban J connectivity index is 3.38. The molecule has 0 aromatic heterocycles. The number of ketones is 1. The summed E-state index contributed by atoms with van der Waals surface area (Å²) in [6.45, 7) is 1.37. The molecule has 0 aliphatic heterocycles. The van der Waals surface area contributed by atoms with Crippen LogP contribution in [0.3, 0.4) is 0 Å². The van der Waals surface area contributed by atoms with Crippen molar-refractivity contribution in [2.24, 2.45) is 0 Å². The van der Waals surface area contributed by atoms with Crippen LogP contribution in [-0.4, -0.2) is 17.0 Å². The van der Waals surface area contributed by atoms with Crippen molar-refractivity contribution < 1.29 is 31.5 Å². The molecule has 1 rings (SSSR count). The zero-order valence-electron chi connectivity index (χ0n) is 9.47. The molecule has 0 aliphatic carbocycles. The van der Waals surface area contributed by atoms with Crippen molar-refractivity contribution in [3.8, 4) is 5.75 Å². The van der Waals surface area contributed by atoms with Crippen molar-refractivity contribution in [1.29, 1.82) is 0 Å². The summed E-state index contributed by atoms with van der Waals surface area (Å²) in [5, 5.41) is 0. The minimum Gasteiger partial charge on any atom is -0.404 e. The van der Waals surface area contributed by atoms with Gasteiger partial charge in [-0.25, -0.2) is 8.78 Å². The first-order valence-corrected chi connectivity index (χ1v) is 5.90. The molecule has 0 fully saturated rings. The Bertz CT molecular complexity index is 471. The number of halogens is 6. The highest BCUT2D eigenvalue weighted by Gasteiger charge is 2.35.